The molecular formula is C19H12Cl2N2S. The fourth-order valence-corrected chi connectivity index (χ4v) is 3.84. The summed E-state index contributed by atoms with van der Waals surface area (Å²) in [6.45, 7) is 0. The standard InChI is InChI=1S/C19H12Cl2N2S/c20-14-7-4-8-15(21)16(14)18-17(12-5-2-1-3-6-12)22-19(23-18)13-9-10-24-11-13/h1-11H,(H,22,23). The van der Waals surface area contributed by atoms with E-state index in [0.29, 0.717) is 10.0 Å². The molecule has 24 heavy (non-hydrogen) atoms. The molecule has 0 bridgehead atoms. The lowest BCUT2D eigenvalue weighted by molar-refractivity contribution is 1.32. The Hall–Kier alpha value is -2.07. The minimum absolute atomic E-state index is 0.586. The number of H-pyrrole nitrogens is 1. The van der Waals surface area contributed by atoms with Gasteiger partial charge in [0.25, 0.3) is 0 Å². The molecule has 0 aliphatic carbocycles. The third kappa shape index (κ3) is 2.75. The van der Waals surface area contributed by atoms with Gasteiger partial charge in [-0.25, -0.2) is 4.98 Å². The molecule has 4 rings (SSSR count). The summed E-state index contributed by atoms with van der Waals surface area (Å²) in [6.07, 6.45) is 0. The molecule has 0 aliphatic heterocycles. The first-order chi connectivity index (χ1) is 11.7. The second-order valence-electron chi connectivity index (χ2n) is 5.28. The molecule has 0 unspecified atom stereocenters. The quantitative estimate of drug-likeness (QED) is 0.422. The van der Waals surface area contributed by atoms with Crippen molar-refractivity contribution >= 4 is 34.5 Å². The Kier molecular flexibility index (Phi) is 4.15. The van der Waals surface area contributed by atoms with Crippen LogP contribution in [0, 0.1) is 0 Å². The van der Waals surface area contributed by atoms with Crippen LogP contribution in [0.2, 0.25) is 10.0 Å². The minimum atomic E-state index is 0.586. The summed E-state index contributed by atoms with van der Waals surface area (Å²) in [5.41, 5.74) is 4.51. The molecule has 2 aromatic carbocycles. The van der Waals surface area contributed by atoms with Gasteiger partial charge in [-0.05, 0) is 23.6 Å². The highest BCUT2D eigenvalue weighted by Gasteiger charge is 2.19. The molecule has 1 N–H and O–H groups in total. The third-order valence-corrected chi connectivity index (χ3v) is 5.07. The molecule has 0 radical (unpaired) electrons. The molecule has 2 aromatic heterocycles. The summed E-state index contributed by atoms with van der Waals surface area (Å²) >= 11 is 14.5. The number of hydrogen-bond acceptors (Lipinski definition) is 2. The van der Waals surface area contributed by atoms with Crippen LogP contribution in [0.15, 0.2) is 65.4 Å². The van der Waals surface area contributed by atoms with Gasteiger partial charge in [-0.3, -0.25) is 0 Å². The van der Waals surface area contributed by atoms with Gasteiger partial charge in [-0.2, -0.15) is 11.3 Å². The number of aromatic nitrogens is 2. The molecule has 0 saturated carbocycles. The van der Waals surface area contributed by atoms with Gasteiger partial charge < -0.3 is 4.98 Å². The van der Waals surface area contributed by atoms with Crippen LogP contribution in [-0.4, -0.2) is 9.97 Å². The highest BCUT2D eigenvalue weighted by atomic mass is 35.5. The molecule has 0 atom stereocenters. The van der Waals surface area contributed by atoms with Gasteiger partial charge in [-0.15, -0.1) is 0 Å². The maximum Gasteiger partial charge on any atom is 0.139 e. The zero-order valence-corrected chi connectivity index (χ0v) is 14.8. The predicted octanol–water partition coefficient (Wildman–Crippen LogP) is 6.78. The van der Waals surface area contributed by atoms with Crippen molar-refractivity contribution in [3.63, 3.8) is 0 Å². The number of rotatable bonds is 3. The van der Waals surface area contributed by atoms with Crippen LogP contribution >= 0.6 is 34.5 Å². The van der Waals surface area contributed by atoms with Crippen LogP contribution in [0.25, 0.3) is 33.9 Å². The lowest BCUT2D eigenvalue weighted by Gasteiger charge is -2.07. The van der Waals surface area contributed by atoms with Crippen LogP contribution in [0.3, 0.4) is 0 Å². The van der Waals surface area contributed by atoms with Gasteiger partial charge in [0, 0.05) is 22.1 Å². The highest BCUT2D eigenvalue weighted by molar-refractivity contribution is 7.08. The molecule has 0 saturated heterocycles. The van der Waals surface area contributed by atoms with E-state index < -0.39 is 0 Å². The maximum absolute atomic E-state index is 6.42. The third-order valence-electron chi connectivity index (χ3n) is 3.76. The molecule has 0 fully saturated rings. The van der Waals surface area contributed by atoms with Crippen LogP contribution in [-0.2, 0) is 0 Å². The summed E-state index contributed by atoms with van der Waals surface area (Å²) in [7, 11) is 0. The Morgan fingerprint density at radius 3 is 2.25 bits per heavy atom. The summed E-state index contributed by atoms with van der Waals surface area (Å²) < 4.78 is 0. The van der Waals surface area contributed by atoms with E-state index >= 15 is 0 Å². The van der Waals surface area contributed by atoms with Crippen molar-refractivity contribution in [2.24, 2.45) is 0 Å². The Bertz CT molecular complexity index is 956. The van der Waals surface area contributed by atoms with Gasteiger partial charge in [0.2, 0.25) is 0 Å². The fraction of sp³-hybridized carbons (Fsp3) is 0. The van der Waals surface area contributed by atoms with E-state index in [1.54, 1.807) is 11.3 Å². The fourth-order valence-electron chi connectivity index (χ4n) is 2.63. The van der Waals surface area contributed by atoms with E-state index in [9.17, 15) is 0 Å². The number of benzene rings is 2. The van der Waals surface area contributed by atoms with Gasteiger partial charge in [0.1, 0.15) is 5.82 Å². The molecule has 2 nitrogen and oxygen atoms in total. The van der Waals surface area contributed by atoms with E-state index in [2.05, 4.69) is 10.4 Å². The minimum Gasteiger partial charge on any atom is -0.337 e. The van der Waals surface area contributed by atoms with Crippen molar-refractivity contribution in [1.29, 1.82) is 0 Å². The lowest BCUT2D eigenvalue weighted by atomic mass is 10.1. The van der Waals surface area contributed by atoms with Gasteiger partial charge in [0.15, 0.2) is 0 Å². The van der Waals surface area contributed by atoms with Crippen LogP contribution in [0.4, 0.5) is 0 Å². The van der Waals surface area contributed by atoms with Crippen molar-refractivity contribution in [2.45, 2.75) is 0 Å². The van der Waals surface area contributed by atoms with E-state index in [1.807, 2.05) is 60.0 Å². The first-order valence-corrected chi connectivity index (χ1v) is 9.06. The van der Waals surface area contributed by atoms with Crippen LogP contribution < -0.4 is 0 Å². The molecular weight excluding hydrogens is 359 g/mol. The van der Waals surface area contributed by atoms with E-state index in [4.69, 9.17) is 28.2 Å². The summed E-state index contributed by atoms with van der Waals surface area (Å²) in [6, 6.07) is 17.6. The number of aromatic amines is 1. The topological polar surface area (TPSA) is 28.7 Å². The molecule has 4 aromatic rings. The van der Waals surface area contributed by atoms with Crippen molar-refractivity contribution in [3.05, 3.63) is 75.4 Å². The average Bonchev–Trinajstić information content (AvgIpc) is 3.25. The second kappa shape index (κ2) is 6.44. The van der Waals surface area contributed by atoms with Crippen LogP contribution in [0.1, 0.15) is 0 Å². The molecule has 2 heterocycles. The van der Waals surface area contributed by atoms with Crippen molar-refractivity contribution in [3.8, 4) is 33.9 Å². The van der Waals surface area contributed by atoms with Crippen molar-refractivity contribution in [2.75, 3.05) is 0 Å². The van der Waals surface area contributed by atoms with Gasteiger partial charge >= 0.3 is 0 Å². The van der Waals surface area contributed by atoms with Crippen molar-refractivity contribution < 1.29 is 0 Å². The second-order valence-corrected chi connectivity index (χ2v) is 6.88. The molecule has 118 valence electrons. The van der Waals surface area contributed by atoms with E-state index in [-0.39, 0.29) is 0 Å². The largest absolute Gasteiger partial charge is 0.337 e. The molecule has 0 amide bonds. The van der Waals surface area contributed by atoms with E-state index in [1.165, 1.54) is 0 Å². The monoisotopic (exact) mass is 370 g/mol. The summed E-state index contributed by atoms with van der Waals surface area (Å²) in [5.74, 6) is 0.807. The Morgan fingerprint density at radius 2 is 1.58 bits per heavy atom. The highest BCUT2D eigenvalue weighted by Crippen LogP contribution is 2.40. The van der Waals surface area contributed by atoms with Gasteiger partial charge in [-0.1, -0.05) is 59.6 Å². The Morgan fingerprint density at radius 1 is 0.833 bits per heavy atom. The maximum atomic E-state index is 6.42. The first-order valence-electron chi connectivity index (χ1n) is 7.36. The molecule has 0 aliphatic rings. The number of halogens is 2. The zero-order chi connectivity index (χ0) is 16.5. The SMILES string of the molecule is Clc1cccc(Cl)c1-c1nc(-c2ccsc2)[nH]c1-c1ccccc1. The number of nitrogens with one attached hydrogen (secondary N) is 1. The number of imidazole rings is 1. The smallest absolute Gasteiger partial charge is 0.139 e. The Labute approximate surface area is 153 Å². The molecule has 5 heteroatoms. The molecule has 0 spiro atoms. The average molecular weight is 371 g/mol. The normalized spacial score (nSPS) is 10.9. The predicted molar refractivity (Wildman–Crippen MR) is 103 cm³/mol. The van der Waals surface area contributed by atoms with E-state index in [0.717, 1.165) is 33.9 Å². The first kappa shape index (κ1) is 15.5. The summed E-state index contributed by atoms with van der Waals surface area (Å²) in [4.78, 5) is 8.23. The Balaban J connectivity index is 1.98. The van der Waals surface area contributed by atoms with Crippen LogP contribution in [0.5, 0.6) is 0 Å². The van der Waals surface area contributed by atoms with Crippen molar-refractivity contribution in [1.82, 2.24) is 9.97 Å². The number of nitrogens with zero attached hydrogens (tertiary/aromatic N) is 1. The lowest BCUT2D eigenvalue weighted by Crippen LogP contribution is -1.86. The number of hydrogen-bond donors (Lipinski definition) is 1. The van der Waals surface area contributed by atoms with Gasteiger partial charge in [0.05, 0.1) is 21.4 Å². The zero-order valence-electron chi connectivity index (χ0n) is 12.5. The summed E-state index contributed by atoms with van der Waals surface area (Å²) in [5, 5.41) is 5.26. The number of thiophene rings is 1.